The van der Waals surface area contributed by atoms with Gasteiger partial charge in [-0.15, -0.1) is 11.6 Å². The number of rotatable bonds is 4. The summed E-state index contributed by atoms with van der Waals surface area (Å²) in [4.78, 5) is 23.8. The molecule has 0 aliphatic rings. The molecule has 1 rings (SSSR count). The topological polar surface area (TPSA) is 63.4 Å². The van der Waals surface area contributed by atoms with Crippen LogP contribution in [0, 0.1) is 0 Å². The molecular formula is C11H13ClN2O2. The molecule has 0 atom stereocenters. The molecule has 0 heterocycles. The van der Waals surface area contributed by atoms with Crippen LogP contribution in [-0.2, 0) is 10.7 Å². The number of carbonyl (C=O) groups excluding carboxylic acids is 2. The van der Waals surface area contributed by atoms with Crippen LogP contribution in [0.2, 0.25) is 0 Å². The van der Waals surface area contributed by atoms with Crippen molar-refractivity contribution < 1.29 is 9.59 Å². The zero-order valence-corrected chi connectivity index (χ0v) is 9.70. The monoisotopic (exact) mass is 240 g/mol. The molecule has 4 nitrogen and oxygen atoms in total. The largest absolute Gasteiger partial charge is 0.368 e. The second kappa shape index (κ2) is 5.51. The zero-order valence-electron chi connectivity index (χ0n) is 8.94. The number of hydrogen-bond donors (Lipinski definition) is 1. The Morgan fingerprint density at radius 3 is 2.69 bits per heavy atom. The SMILES string of the molecule is CN(CC(N)=O)C(=O)c1cccc(CCl)c1. The van der Waals surface area contributed by atoms with E-state index in [0.29, 0.717) is 11.4 Å². The standard InChI is InChI=1S/C11H13ClN2O2/c1-14(7-10(13)15)11(16)9-4-2-3-8(5-9)6-12/h2-5H,6-7H2,1H3,(H2,13,15). The number of benzene rings is 1. The minimum absolute atomic E-state index is 0.0933. The number of amides is 2. The molecule has 16 heavy (non-hydrogen) atoms. The van der Waals surface area contributed by atoms with Gasteiger partial charge in [-0.1, -0.05) is 12.1 Å². The molecule has 1 aromatic rings. The Labute approximate surface area is 99.0 Å². The van der Waals surface area contributed by atoms with Gasteiger partial charge in [0.15, 0.2) is 0 Å². The number of alkyl halides is 1. The number of halogens is 1. The lowest BCUT2D eigenvalue weighted by Crippen LogP contribution is -2.35. The Morgan fingerprint density at radius 2 is 2.12 bits per heavy atom. The van der Waals surface area contributed by atoms with Crippen molar-refractivity contribution in [2.24, 2.45) is 5.73 Å². The van der Waals surface area contributed by atoms with Crippen molar-refractivity contribution >= 4 is 23.4 Å². The molecule has 0 unspecified atom stereocenters. The summed E-state index contributed by atoms with van der Waals surface area (Å²) < 4.78 is 0. The summed E-state index contributed by atoms with van der Waals surface area (Å²) in [6.07, 6.45) is 0. The van der Waals surface area contributed by atoms with Gasteiger partial charge in [0.2, 0.25) is 5.91 Å². The van der Waals surface area contributed by atoms with Crippen molar-refractivity contribution in [2.75, 3.05) is 13.6 Å². The van der Waals surface area contributed by atoms with E-state index in [1.807, 2.05) is 6.07 Å². The first kappa shape index (κ1) is 12.5. The van der Waals surface area contributed by atoms with E-state index in [-0.39, 0.29) is 12.5 Å². The Bertz CT molecular complexity index is 407. The van der Waals surface area contributed by atoms with Crippen molar-refractivity contribution in [3.63, 3.8) is 0 Å². The number of likely N-dealkylation sites (N-methyl/N-ethyl adjacent to an activating group) is 1. The van der Waals surface area contributed by atoms with Crippen molar-refractivity contribution in [3.8, 4) is 0 Å². The quantitative estimate of drug-likeness (QED) is 0.798. The zero-order chi connectivity index (χ0) is 12.1. The number of primary amides is 1. The average molecular weight is 241 g/mol. The van der Waals surface area contributed by atoms with Crippen molar-refractivity contribution in [3.05, 3.63) is 35.4 Å². The highest BCUT2D eigenvalue weighted by molar-refractivity contribution is 6.17. The van der Waals surface area contributed by atoms with Crippen molar-refractivity contribution in [1.29, 1.82) is 0 Å². The normalized spacial score (nSPS) is 9.88. The Hall–Kier alpha value is -1.55. The van der Waals surface area contributed by atoms with Crippen molar-refractivity contribution in [2.45, 2.75) is 5.88 Å². The van der Waals surface area contributed by atoms with E-state index in [1.54, 1.807) is 18.2 Å². The fraction of sp³-hybridized carbons (Fsp3) is 0.273. The lowest BCUT2D eigenvalue weighted by molar-refractivity contribution is -0.118. The predicted molar refractivity (Wildman–Crippen MR) is 62.2 cm³/mol. The lowest BCUT2D eigenvalue weighted by atomic mass is 10.1. The summed E-state index contributed by atoms with van der Waals surface area (Å²) in [6.45, 7) is -0.0933. The third kappa shape index (κ3) is 3.24. The number of hydrogen-bond acceptors (Lipinski definition) is 2. The fourth-order valence-electron chi connectivity index (χ4n) is 1.31. The summed E-state index contributed by atoms with van der Waals surface area (Å²) in [5, 5.41) is 0. The molecular weight excluding hydrogens is 228 g/mol. The van der Waals surface area contributed by atoms with Gasteiger partial charge in [0.05, 0.1) is 6.54 Å². The van der Waals surface area contributed by atoms with E-state index in [4.69, 9.17) is 17.3 Å². The fourth-order valence-corrected chi connectivity index (χ4v) is 1.48. The highest BCUT2D eigenvalue weighted by Crippen LogP contribution is 2.09. The maximum atomic E-state index is 11.8. The first-order valence-electron chi connectivity index (χ1n) is 4.73. The molecule has 0 spiro atoms. The van der Waals surface area contributed by atoms with Gasteiger partial charge in [-0.25, -0.2) is 0 Å². The predicted octanol–water partition coefficient (Wildman–Crippen LogP) is 0.983. The summed E-state index contributed by atoms with van der Waals surface area (Å²) >= 11 is 5.67. The van der Waals surface area contributed by atoms with Crippen LogP contribution in [0.5, 0.6) is 0 Å². The van der Waals surface area contributed by atoms with Gasteiger partial charge in [-0.05, 0) is 17.7 Å². The van der Waals surface area contributed by atoms with Gasteiger partial charge in [0.25, 0.3) is 5.91 Å². The molecule has 0 saturated carbocycles. The van der Waals surface area contributed by atoms with Crippen LogP contribution >= 0.6 is 11.6 Å². The first-order chi connectivity index (χ1) is 7.54. The molecule has 0 aliphatic heterocycles. The smallest absolute Gasteiger partial charge is 0.254 e. The summed E-state index contributed by atoms with van der Waals surface area (Å²) in [6, 6.07) is 6.96. The molecule has 0 saturated heterocycles. The van der Waals surface area contributed by atoms with Crippen LogP contribution in [0.3, 0.4) is 0 Å². The molecule has 86 valence electrons. The van der Waals surface area contributed by atoms with Gasteiger partial charge < -0.3 is 10.6 Å². The number of nitrogens with zero attached hydrogens (tertiary/aromatic N) is 1. The minimum Gasteiger partial charge on any atom is -0.368 e. The maximum absolute atomic E-state index is 11.8. The highest BCUT2D eigenvalue weighted by atomic mass is 35.5. The molecule has 5 heteroatoms. The van der Waals surface area contributed by atoms with E-state index in [9.17, 15) is 9.59 Å². The lowest BCUT2D eigenvalue weighted by Gasteiger charge is -2.15. The average Bonchev–Trinajstić information content (AvgIpc) is 2.27. The van der Waals surface area contributed by atoms with Gasteiger partial charge >= 0.3 is 0 Å². The van der Waals surface area contributed by atoms with E-state index < -0.39 is 5.91 Å². The number of nitrogens with two attached hydrogens (primary N) is 1. The first-order valence-corrected chi connectivity index (χ1v) is 5.26. The highest BCUT2D eigenvalue weighted by Gasteiger charge is 2.13. The van der Waals surface area contributed by atoms with Crippen LogP contribution < -0.4 is 5.73 Å². The molecule has 0 bridgehead atoms. The summed E-state index contributed by atoms with van der Waals surface area (Å²) in [5.41, 5.74) is 6.37. The van der Waals surface area contributed by atoms with Crippen LogP contribution in [0.1, 0.15) is 15.9 Å². The van der Waals surface area contributed by atoms with Gasteiger partial charge in [0.1, 0.15) is 0 Å². The third-order valence-electron chi connectivity index (χ3n) is 2.07. The van der Waals surface area contributed by atoms with Crippen LogP contribution in [0.25, 0.3) is 0 Å². The van der Waals surface area contributed by atoms with E-state index in [0.717, 1.165) is 5.56 Å². The molecule has 0 aromatic heterocycles. The van der Waals surface area contributed by atoms with E-state index in [2.05, 4.69) is 0 Å². The van der Waals surface area contributed by atoms with E-state index >= 15 is 0 Å². The second-order valence-corrected chi connectivity index (χ2v) is 3.73. The van der Waals surface area contributed by atoms with Gasteiger partial charge in [-0.2, -0.15) is 0 Å². The van der Waals surface area contributed by atoms with Gasteiger partial charge in [0, 0.05) is 18.5 Å². The molecule has 2 N–H and O–H groups in total. The Balaban J connectivity index is 2.83. The molecule has 0 radical (unpaired) electrons. The van der Waals surface area contributed by atoms with Gasteiger partial charge in [-0.3, -0.25) is 9.59 Å². The Kier molecular flexibility index (Phi) is 4.31. The summed E-state index contributed by atoms with van der Waals surface area (Å²) in [5.74, 6) is -0.434. The molecule has 1 aromatic carbocycles. The molecule has 2 amide bonds. The van der Waals surface area contributed by atoms with Crippen LogP contribution in [-0.4, -0.2) is 30.3 Å². The maximum Gasteiger partial charge on any atom is 0.254 e. The molecule has 0 fully saturated rings. The Morgan fingerprint density at radius 1 is 1.44 bits per heavy atom. The van der Waals surface area contributed by atoms with Crippen LogP contribution in [0.15, 0.2) is 24.3 Å². The third-order valence-corrected chi connectivity index (χ3v) is 2.38. The van der Waals surface area contributed by atoms with Crippen LogP contribution in [0.4, 0.5) is 0 Å². The van der Waals surface area contributed by atoms with E-state index in [1.165, 1.54) is 11.9 Å². The minimum atomic E-state index is -0.538. The second-order valence-electron chi connectivity index (χ2n) is 3.46. The molecule has 0 aliphatic carbocycles. The summed E-state index contributed by atoms with van der Waals surface area (Å²) in [7, 11) is 1.53. The number of carbonyl (C=O) groups is 2. The van der Waals surface area contributed by atoms with Crippen molar-refractivity contribution in [1.82, 2.24) is 4.90 Å².